The van der Waals surface area contributed by atoms with Crippen molar-refractivity contribution in [2.24, 2.45) is 5.92 Å². The average molecular weight is 277 g/mol. The average Bonchev–Trinajstić information content (AvgIpc) is 2.45. The maximum absolute atomic E-state index is 12.8. The summed E-state index contributed by atoms with van der Waals surface area (Å²) in [5, 5.41) is 0. The third-order valence-electron chi connectivity index (χ3n) is 4.49. The van der Waals surface area contributed by atoms with Gasteiger partial charge in [-0.15, -0.1) is 0 Å². The van der Waals surface area contributed by atoms with Crippen molar-refractivity contribution in [2.75, 3.05) is 13.6 Å². The zero-order valence-electron chi connectivity index (χ0n) is 12.4. The fourth-order valence-electron chi connectivity index (χ4n) is 3.18. The maximum Gasteiger partial charge on any atom is 0.164 e. The predicted molar refractivity (Wildman–Crippen MR) is 79.4 cm³/mol. The molecule has 1 saturated carbocycles. The molecule has 1 fully saturated rings. The van der Waals surface area contributed by atoms with E-state index in [4.69, 9.17) is 0 Å². The Bertz CT molecular complexity index is 443. The highest BCUT2D eigenvalue weighted by molar-refractivity contribution is 5.96. The first-order valence-corrected chi connectivity index (χ1v) is 7.57. The van der Waals surface area contributed by atoms with Crippen LogP contribution in [0.5, 0.6) is 0 Å². The van der Waals surface area contributed by atoms with Crippen LogP contribution in [0.15, 0.2) is 24.3 Å². The fraction of sp³-hybridized carbons (Fsp3) is 0.588. The van der Waals surface area contributed by atoms with Crippen molar-refractivity contribution in [3.05, 3.63) is 35.6 Å². The minimum Gasteiger partial charge on any atom is -0.303 e. The van der Waals surface area contributed by atoms with Crippen molar-refractivity contribution in [2.45, 2.75) is 45.1 Å². The maximum atomic E-state index is 12.8. The van der Waals surface area contributed by atoms with E-state index in [9.17, 15) is 9.18 Å². The van der Waals surface area contributed by atoms with Gasteiger partial charge in [-0.25, -0.2) is 4.39 Å². The van der Waals surface area contributed by atoms with E-state index in [-0.39, 0.29) is 11.6 Å². The summed E-state index contributed by atoms with van der Waals surface area (Å²) in [5.41, 5.74) is 0.608. The van der Waals surface area contributed by atoms with E-state index in [1.54, 1.807) is 12.1 Å². The van der Waals surface area contributed by atoms with E-state index < -0.39 is 0 Å². The Balaban J connectivity index is 1.84. The Hall–Kier alpha value is -1.22. The Kier molecular flexibility index (Phi) is 5.30. The van der Waals surface area contributed by atoms with Crippen LogP contribution in [0.1, 0.15) is 49.4 Å². The summed E-state index contributed by atoms with van der Waals surface area (Å²) in [4.78, 5) is 14.4. The quantitative estimate of drug-likeness (QED) is 0.761. The van der Waals surface area contributed by atoms with Crippen LogP contribution in [0.3, 0.4) is 0 Å². The first kappa shape index (κ1) is 15.2. The molecule has 0 amide bonds. The van der Waals surface area contributed by atoms with Crippen LogP contribution >= 0.6 is 0 Å². The van der Waals surface area contributed by atoms with Crippen molar-refractivity contribution >= 4 is 5.78 Å². The van der Waals surface area contributed by atoms with Crippen LogP contribution in [-0.2, 0) is 0 Å². The molecule has 1 aliphatic carbocycles. The number of hydrogen-bond donors (Lipinski definition) is 0. The molecule has 0 N–H and O–H groups in total. The van der Waals surface area contributed by atoms with E-state index in [1.165, 1.54) is 37.8 Å². The van der Waals surface area contributed by atoms with Crippen LogP contribution in [-0.4, -0.2) is 30.3 Å². The highest BCUT2D eigenvalue weighted by atomic mass is 19.1. The Morgan fingerprint density at radius 2 is 1.90 bits per heavy atom. The van der Waals surface area contributed by atoms with E-state index in [0.29, 0.717) is 18.0 Å². The Labute approximate surface area is 121 Å². The Morgan fingerprint density at radius 1 is 1.25 bits per heavy atom. The van der Waals surface area contributed by atoms with Crippen LogP contribution in [0.2, 0.25) is 0 Å². The van der Waals surface area contributed by atoms with Gasteiger partial charge in [0.1, 0.15) is 5.82 Å². The molecule has 2 nitrogen and oxygen atoms in total. The lowest BCUT2D eigenvalue weighted by molar-refractivity contribution is 0.0928. The van der Waals surface area contributed by atoms with Gasteiger partial charge in [-0.2, -0.15) is 0 Å². The van der Waals surface area contributed by atoms with Crippen molar-refractivity contribution in [3.8, 4) is 0 Å². The second kappa shape index (κ2) is 6.98. The summed E-state index contributed by atoms with van der Waals surface area (Å²) in [6.45, 7) is 3.09. The molecule has 0 bridgehead atoms. The first-order chi connectivity index (χ1) is 9.58. The minimum atomic E-state index is -0.297. The highest BCUT2D eigenvalue weighted by Crippen LogP contribution is 2.27. The molecule has 1 aliphatic rings. The van der Waals surface area contributed by atoms with Crippen LogP contribution in [0, 0.1) is 11.7 Å². The molecule has 2 rings (SSSR count). The molecule has 0 spiro atoms. The van der Waals surface area contributed by atoms with Gasteiger partial charge < -0.3 is 4.90 Å². The van der Waals surface area contributed by atoms with Gasteiger partial charge in [0.25, 0.3) is 0 Å². The molecule has 0 saturated heterocycles. The molecule has 2 atom stereocenters. The summed E-state index contributed by atoms with van der Waals surface area (Å²) in [6, 6.07) is 6.44. The van der Waals surface area contributed by atoms with Gasteiger partial charge in [0, 0.05) is 24.6 Å². The van der Waals surface area contributed by atoms with Crippen LogP contribution < -0.4 is 0 Å². The predicted octanol–water partition coefficient (Wildman–Crippen LogP) is 3.91. The van der Waals surface area contributed by atoms with Gasteiger partial charge in [0.05, 0.1) is 0 Å². The first-order valence-electron chi connectivity index (χ1n) is 7.57. The summed E-state index contributed by atoms with van der Waals surface area (Å²) < 4.78 is 12.8. The van der Waals surface area contributed by atoms with Gasteiger partial charge in [-0.3, -0.25) is 4.79 Å². The van der Waals surface area contributed by atoms with Gasteiger partial charge >= 0.3 is 0 Å². The molecule has 0 heterocycles. The molecule has 0 aromatic heterocycles. The standard InChI is InChI=1S/C17H24FNO/c1-13-5-3-4-6-16(13)19(2)12-11-17(20)14-7-9-15(18)10-8-14/h7-10,13,16H,3-6,11-12H2,1-2H3. The fourth-order valence-corrected chi connectivity index (χ4v) is 3.18. The lowest BCUT2D eigenvalue weighted by atomic mass is 9.85. The van der Waals surface area contributed by atoms with Crippen LogP contribution in [0.25, 0.3) is 0 Å². The number of ketones is 1. The molecule has 110 valence electrons. The van der Waals surface area contributed by atoms with Gasteiger partial charge in [-0.1, -0.05) is 19.8 Å². The second-order valence-electron chi connectivity index (χ2n) is 5.99. The molecule has 0 radical (unpaired) electrons. The summed E-state index contributed by atoms with van der Waals surface area (Å²) in [6.07, 6.45) is 5.67. The van der Waals surface area contributed by atoms with Gasteiger partial charge in [0.15, 0.2) is 5.78 Å². The van der Waals surface area contributed by atoms with Gasteiger partial charge in [-0.05, 0) is 50.1 Å². The smallest absolute Gasteiger partial charge is 0.164 e. The third-order valence-corrected chi connectivity index (χ3v) is 4.49. The molecule has 2 unspecified atom stereocenters. The molecular weight excluding hydrogens is 253 g/mol. The lowest BCUT2D eigenvalue weighted by Crippen LogP contribution is -2.39. The van der Waals surface area contributed by atoms with Crippen molar-refractivity contribution < 1.29 is 9.18 Å². The number of halogens is 1. The van der Waals surface area contributed by atoms with E-state index >= 15 is 0 Å². The number of Topliss-reactive ketones (excluding diaryl/α,β-unsaturated/α-hetero) is 1. The normalized spacial score (nSPS) is 23.0. The second-order valence-corrected chi connectivity index (χ2v) is 5.99. The number of carbonyl (C=O) groups excluding carboxylic acids is 1. The number of benzene rings is 1. The zero-order valence-corrected chi connectivity index (χ0v) is 12.4. The topological polar surface area (TPSA) is 20.3 Å². The minimum absolute atomic E-state index is 0.0975. The summed E-state index contributed by atoms with van der Waals surface area (Å²) >= 11 is 0. The van der Waals surface area contributed by atoms with E-state index in [0.717, 1.165) is 12.5 Å². The molecule has 1 aromatic rings. The molecule has 0 aliphatic heterocycles. The summed E-state index contributed by atoms with van der Waals surface area (Å²) in [5.74, 6) is 0.518. The summed E-state index contributed by atoms with van der Waals surface area (Å²) in [7, 11) is 2.12. The monoisotopic (exact) mass is 277 g/mol. The number of nitrogens with zero attached hydrogens (tertiary/aromatic N) is 1. The largest absolute Gasteiger partial charge is 0.303 e. The SMILES string of the molecule is CC1CCCCC1N(C)CCC(=O)c1ccc(F)cc1. The Morgan fingerprint density at radius 3 is 2.55 bits per heavy atom. The van der Waals surface area contributed by atoms with Crippen molar-refractivity contribution in [3.63, 3.8) is 0 Å². The third kappa shape index (κ3) is 3.89. The molecular formula is C17H24FNO. The number of carbonyl (C=O) groups is 1. The lowest BCUT2D eigenvalue weighted by Gasteiger charge is -2.36. The van der Waals surface area contributed by atoms with Crippen molar-refractivity contribution in [1.82, 2.24) is 4.90 Å². The van der Waals surface area contributed by atoms with Crippen LogP contribution in [0.4, 0.5) is 4.39 Å². The highest BCUT2D eigenvalue weighted by Gasteiger charge is 2.24. The number of rotatable bonds is 5. The number of hydrogen-bond acceptors (Lipinski definition) is 2. The van der Waals surface area contributed by atoms with E-state index in [2.05, 4.69) is 18.9 Å². The molecule has 20 heavy (non-hydrogen) atoms. The molecule has 1 aromatic carbocycles. The van der Waals surface area contributed by atoms with Crippen molar-refractivity contribution in [1.29, 1.82) is 0 Å². The molecule has 3 heteroatoms. The van der Waals surface area contributed by atoms with Gasteiger partial charge in [0.2, 0.25) is 0 Å². The zero-order chi connectivity index (χ0) is 14.5. The van der Waals surface area contributed by atoms with E-state index in [1.807, 2.05) is 0 Å².